The van der Waals surface area contributed by atoms with Gasteiger partial charge in [-0.2, -0.15) is 0 Å². The summed E-state index contributed by atoms with van der Waals surface area (Å²) in [5.74, 6) is -24.9. The average Bonchev–Trinajstić information content (AvgIpc) is 2.54. The van der Waals surface area contributed by atoms with Gasteiger partial charge in [0.1, 0.15) is 0 Å². The monoisotopic (exact) mass is 520 g/mol. The molecule has 0 fully saturated rings. The minimum absolute atomic E-state index is 1.77. The van der Waals surface area contributed by atoms with Crippen molar-refractivity contribution in [3.05, 3.63) is 58.2 Å². The zero-order chi connectivity index (χ0) is 19.4. The van der Waals surface area contributed by atoms with Crippen LogP contribution in [0.25, 0.3) is 0 Å². The Bertz CT molecular complexity index is 769. The summed E-state index contributed by atoms with van der Waals surface area (Å²) in [4.78, 5) is 0. The first-order valence-electron chi connectivity index (χ1n) is 5.77. The largest absolute Gasteiger partial charge is 0.271 e. The van der Waals surface area contributed by atoms with Crippen LogP contribution in [-0.2, 0) is 0 Å². The fourth-order valence-corrected chi connectivity index (χ4v) is 7.86. The van der Waals surface area contributed by atoms with Crippen molar-refractivity contribution in [3.63, 3.8) is 0 Å². The predicted octanol–water partition coefficient (Wildman–Crippen LogP) is 4.42. The molecule has 25 heavy (non-hydrogen) atoms. The third-order valence-electron chi connectivity index (χ3n) is 3.05. The van der Waals surface area contributed by atoms with Gasteiger partial charge in [0.05, 0.1) is 0 Å². The van der Waals surface area contributed by atoms with E-state index in [4.69, 9.17) is 0 Å². The highest BCUT2D eigenvalue weighted by Gasteiger charge is 2.47. The van der Waals surface area contributed by atoms with Crippen molar-refractivity contribution in [1.29, 1.82) is 0 Å². The molecule has 0 saturated carbocycles. The normalized spacial score (nSPS) is 12.0. The lowest BCUT2D eigenvalue weighted by atomic mass is 10.3. The first kappa shape index (κ1) is 20.2. The summed E-state index contributed by atoms with van der Waals surface area (Å²) in [7, 11) is 0. The van der Waals surface area contributed by atoms with Gasteiger partial charge in [-0.15, -0.1) is 0 Å². The molecule has 0 atom stereocenters. The van der Waals surface area contributed by atoms with E-state index in [0.29, 0.717) is 0 Å². The van der Waals surface area contributed by atoms with E-state index in [-0.39, 0.29) is 0 Å². The number of rotatable bonds is 2. The van der Waals surface area contributed by atoms with Gasteiger partial charge in [0.15, 0.2) is 46.5 Å². The van der Waals surface area contributed by atoms with E-state index in [1.807, 2.05) is 0 Å². The van der Waals surface area contributed by atoms with Crippen molar-refractivity contribution < 1.29 is 43.9 Å². The Hall–Kier alpha value is -1.08. The lowest BCUT2D eigenvalue weighted by molar-refractivity contribution is 0.382. The van der Waals surface area contributed by atoms with Gasteiger partial charge in [0.2, 0.25) is 11.6 Å². The Labute approximate surface area is 148 Å². The van der Waals surface area contributed by atoms with E-state index >= 15 is 0 Å². The van der Waals surface area contributed by atoms with Crippen molar-refractivity contribution >= 4 is 46.3 Å². The van der Waals surface area contributed by atoms with E-state index in [9.17, 15) is 43.9 Å². The molecule has 0 bridgehead atoms. The van der Waals surface area contributed by atoms with Crippen LogP contribution in [0.2, 0.25) is 0 Å². The van der Waals surface area contributed by atoms with Gasteiger partial charge in [-0.3, -0.25) is 0 Å². The van der Waals surface area contributed by atoms with Crippen LogP contribution in [0.15, 0.2) is 0 Å². The van der Waals surface area contributed by atoms with Gasteiger partial charge >= 0.3 is 0 Å². The molecule has 0 unspecified atom stereocenters. The van der Waals surface area contributed by atoms with Crippen LogP contribution in [0.4, 0.5) is 43.9 Å². The zero-order valence-corrected chi connectivity index (χ0v) is 15.2. The molecule has 0 N–H and O–H groups in total. The van der Waals surface area contributed by atoms with Crippen LogP contribution in [-0.4, -0.2) is 5.31 Å². The Morgan fingerprint density at radius 2 is 0.520 bits per heavy atom. The fraction of sp³-hybridized carbons (Fsp3) is 0. The number of hydrogen-bond acceptors (Lipinski definition) is 0. The van der Waals surface area contributed by atoms with Crippen LogP contribution in [0.1, 0.15) is 0 Å². The second-order valence-corrected chi connectivity index (χ2v) is 16.9. The molecule has 13 heteroatoms. The minimum Gasteiger partial charge on any atom is -0.204 e. The van der Waals surface area contributed by atoms with E-state index in [2.05, 4.69) is 30.6 Å². The maximum Gasteiger partial charge on any atom is 0.271 e. The highest BCUT2D eigenvalue weighted by atomic mass is 79.9. The molecule has 0 radical (unpaired) electrons. The summed E-state index contributed by atoms with van der Waals surface area (Å²) in [6, 6.07) is 0. The molecule has 0 amide bonds. The first-order valence-corrected chi connectivity index (χ1v) is 12.3. The van der Waals surface area contributed by atoms with Crippen molar-refractivity contribution in [2.75, 3.05) is 0 Å². The molecule has 0 aliphatic heterocycles. The topological polar surface area (TPSA) is 0 Å². The van der Waals surface area contributed by atoms with Crippen molar-refractivity contribution in [2.24, 2.45) is 0 Å². The third kappa shape index (κ3) is 2.89. The maximum atomic E-state index is 13.9. The van der Waals surface area contributed by atoms with Crippen molar-refractivity contribution in [1.82, 2.24) is 0 Å². The molecule has 0 nitrogen and oxygen atoms in total. The molecule has 0 aromatic heterocycles. The van der Waals surface area contributed by atoms with Crippen LogP contribution < -0.4 is 10.4 Å². The van der Waals surface area contributed by atoms with Crippen LogP contribution in [0.5, 0.6) is 0 Å². The smallest absolute Gasteiger partial charge is 0.204 e. The van der Waals surface area contributed by atoms with Crippen LogP contribution in [0, 0.1) is 58.2 Å². The molecule has 0 spiro atoms. The van der Waals surface area contributed by atoms with Gasteiger partial charge in [-0.1, -0.05) is 30.6 Å². The summed E-state index contributed by atoms with van der Waals surface area (Å²) in [6.45, 7) is 0. The molecular formula is C12Br2F10Si. The van der Waals surface area contributed by atoms with Crippen LogP contribution >= 0.6 is 30.6 Å². The van der Waals surface area contributed by atoms with E-state index in [1.54, 1.807) is 0 Å². The van der Waals surface area contributed by atoms with Crippen molar-refractivity contribution in [2.45, 2.75) is 0 Å². The highest BCUT2D eigenvalue weighted by Crippen LogP contribution is 2.30. The minimum atomic E-state index is -4.97. The fourth-order valence-electron chi connectivity index (χ4n) is 1.89. The summed E-state index contributed by atoms with van der Waals surface area (Å²) >= 11 is 4.74. The molecule has 2 rings (SSSR count). The Morgan fingerprint density at radius 1 is 0.360 bits per heavy atom. The van der Waals surface area contributed by atoms with E-state index < -0.39 is 73.9 Å². The molecule has 2 aromatic carbocycles. The number of hydrogen-bond donors (Lipinski definition) is 0. The van der Waals surface area contributed by atoms with Gasteiger partial charge < -0.3 is 0 Å². The second-order valence-electron chi connectivity index (χ2n) is 4.46. The van der Waals surface area contributed by atoms with Crippen LogP contribution in [0.3, 0.4) is 0 Å². The molecule has 0 heterocycles. The Balaban J connectivity index is 2.96. The highest BCUT2D eigenvalue weighted by molar-refractivity contribution is 9.52. The third-order valence-corrected chi connectivity index (χ3v) is 9.94. The molecule has 136 valence electrons. The van der Waals surface area contributed by atoms with Gasteiger partial charge in [0, 0.05) is 10.4 Å². The quantitative estimate of drug-likeness (QED) is 0.180. The standard InChI is InChI=1S/C12Br2F10Si/c13-25(14,11-7(21)3(17)1(15)4(18)8(11)22)12-9(23)5(19)2(16)6(20)10(12)24. The molecule has 0 aliphatic rings. The lowest BCUT2D eigenvalue weighted by Gasteiger charge is -2.22. The molecule has 0 aliphatic carbocycles. The van der Waals surface area contributed by atoms with Gasteiger partial charge in [-0.05, 0) is 0 Å². The SMILES string of the molecule is Fc1c(F)c(F)c([Si](Br)(Br)c2c(F)c(F)c(F)c(F)c2F)c(F)c1F. The zero-order valence-electron chi connectivity index (χ0n) is 11.0. The number of halogens is 12. The second kappa shape index (κ2) is 6.58. The lowest BCUT2D eigenvalue weighted by Crippen LogP contribution is -2.55. The summed E-state index contributed by atoms with van der Waals surface area (Å²) in [6.07, 6.45) is 0. The van der Waals surface area contributed by atoms with E-state index in [0.717, 1.165) is 0 Å². The average molecular weight is 522 g/mol. The summed E-state index contributed by atoms with van der Waals surface area (Å²) in [5.41, 5.74) is 0. The summed E-state index contributed by atoms with van der Waals surface area (Å²) in [5, 5.41) is -8.52. The Morgan fingerprint density at radius 3 is 0.720 bits per heavy atom. The molecular weight excluding hydrogens is 522 g/mol. The molecule has 0 saturated heterocycles. The van der Waals surface area contributed by atoms with E-state index in [1.165, 1.54) is 0 Å². The number of benzene rings is 2. The van der Waals surface area contributed by atoms with Gasteiger partial charge in [-0.25, -0.2) is 43.9 Å². The Kier molecular flexibility index (Phi) is 5.32. The summed E-state index contributed by atoms with van der Waals surface area (Å²) < 4.78 is 135. The van der Waals surface area contributed by atoms with Crippen molar-refractivity contribution in [3.8, 4) is 0 Å². The molecule has 2 aromatic rings. The predicted molar refractivity (Wildman–Crippen MR) is 75.3 cm³/mol. The van der Waals surface area contributed by atoms with Gasteiger partial charge in [0.25, 0.3) is 5.31 Å². The first-order chi connectivity index (χ1) is 11.4. The maximum absolute atomic E-state index is 13.9.